The van der Waals surface area contributed by atoms with E-state index in [1.54, 1.807) is 20.3 Å². The van der Waals surface area contributed by atoms with Gasteiger partial charge >= 0.3 is 5.97 Å². The van der Waals surface area contributed by atoms with E-state index in [9.17, 15) is 19.2 Å². The number of anilines is 1. The first-order chi connectivity index (χ1) is 16.8. The van der Waals surface area contributed by atoms with E-state index in [1.807, 2.05) is 19.1 Å². The second-order valence-electron chi connectivity index (χ2n) is 8.15. The Kier molecular flexibility index (Phi) is 8.46. The lowest BCUT2D eigenvalue weighted by Gasteiger charge is -2.28. The van der Waals surface area contributed by atoms with Gasteiger partial charge in [-0.2, -0.15) is 0 Å². The Bertz CT molecular complexity index is 1100. The molecule has 0 aliphatic carbocycles. The number of rotatable bonds is 10. The van der Waals surface area contributed by atoms with Gasteiger partial charge in [0, 0.05) is 19.9 Å². The molecule has 1 aliphatic heterocycles. The molecule has 1 saturated heterocycles. The smallest absolute Gasteiger partial charge is 0.308 e. The average Bonchev–Trinajstić information content (AvgIpc) is 3.13. The van der Waals surface area contributed by atoms with Gasteiger partial charge in [-0.15, -0.1) is 0 Å². The first-order valence-corrected chi connectivity index (χ1v) is 11.4. The zero-order valence-electron chi connectivity index (χ0n) is 20.4. The van der Waals surface area contributed by atoms with Gasteiger partial charge in [-0.05, 0) is 54.8 Å². The Morgan fingerprint density at radius 1 is 1.03 bits per heavy atom. The summed E-state index contributed by atoms with van der Waals surface area (Å²) in [5, 5.41) is 0. The lowest BCUT2D eigenvalue weighted by molar-refractivity contribution is -0.138. The summed E-state index contributed by atoms with van der Waals surface area (Å²) < 4.78 is 15.6. The lowest BCUT2D eigenvalue weighted by atomic mass is 10.1. The second kappa shape index (κ2) is 11.5. The van der Waals surface area contributed by atoms with Gasteiger partial charge in [0.25, 0.3) is 5.91 Å². The number of carbonyl (C=O) groups is 4. The predicted molar refractivity (Wildman–Crippen MR) is 129 cm³/mol. The van der Waals surface area contributed by atoms with E-state index in [1.165, 1.54) is 36.1 Å². The van der Waals surface area contributed by atoms with Crippen LogP contribution in [0.3, 0.4) is 0 Å². The van der Waals surface area contributed by atoms with Crippen LogP contribution in [0, 0.1) is 0 Å². The summed E-state index contributed by atoms with van der Waals surface area (Å²) in [5.74, 6) is 0.00474. The van der Waals surface area contributed by atoms with Crippen LogP contribution < -0.4 is 19.1 Å². The fourth-order valence-corrected chi connectivity index (χ4v) is 4.06. The number of benzene rings is 2. The van der Waals surface area contributed by atoms with E-state index >= 15 is 0 Å². The van der Waals surface area contributed by atoms with E-state index in [0.29, 0.717) is 35.8 Å². The monoisotopic (exact) mass is 482 g/mol. The molecule has 186 valence electrons. The van der Waals surface area contributed by atoms with Crippen molar-refractivity contribution in [2.75, 3.05) is 25.7 Å². The highest BCUT2D eigenvalue weighted by atomic mass is 16.5. The quantitative estimate of drug-likeness (QED) is 0.291. The van der Waals surface area contributed by atoms with Crippen LogP contribution in [0.2, 0.25) is 0 Å². The first-order valence-electron chi connectivity index (χ1n) is 11.4. The number of amides is 3. The number of hydrogen-bond acceptors (Lipinski definition) is 7. The predicted octanol–water partition coefficient (Wildman–Crippen LogP) is 3.13. The molecule has 3 amide bonds. The highest BCUT2D eigenvalue weighted by Crippen LogP contribution is 2.30. The normalized spacial score (nSPS) is 15.2. The van der Waals surface area contributed by atoms with E-state index in [2.05, 4.69) is 0 Å². The lowest BCUT2D eigenvalue weighted by Crippen LogP contribution is -2.46. The molecule has 9 nitrogen and oxygen atoms in total. The molecule has 0 bridgehead atoms. The topological polar surface area (TPSA) is 102 Å². The van der Waals surface area contributed by atoms with Crippen LogP contribution in [0.25, 0.3) is 0 Å². The summed E-state index contributed by atoms with van der Waals surface area (Å²) in [5.41, 5.74) is 1.27. The minimum Gasteiger partial charge on any atom is -0.493 e. The summed E-state index contributed by atoms with van der Waals surface area (Å²) in [6.07, 6.45) is 1.29. The molecular weight excluding hydrogens is 452 g/mol. The molecular formula is C26H30N2O7. The molecule has 1 aliphatic rings. The van der Waals surface area contributed by atoms with Gasteiger partial charge in [-0.25, -0.2) is 4.90 Å². The molecule has 0 spiro atoms. The highest BCUT2D eigenvalue weighted by molar-refractivity contribution is 6.23. The Morgan fingerprint density at radius 3 is 2.31 bits per heavy atom. The summed E-state index contributed by atoms with van der Waals surface area (Å²) in [6, 6.07) is 10.7. The zero-order chi connectivity index (χ0) is 25.5. The standard InChI is InChI=1S/C26H30N2O7/c1-5-6-24(30)27(14-13-18-7-12-22(33-3)23(15-18)34-4)21-16-25(31)28(26(21)32)19-8-10-20(11-9-19)35-17(2)29/h7-12,15,21H,5-6,13-14,16H2,1-4H3. The molecule has 35 heavy (non-hydrogen) atoms. The Balaban J connectivity index is 1.80. The number of esters is 1. The molecule has 3 rings (SSSR count). The van der Waals surface area contributed by atoms with Gasteiger partial charge in [0.2, 0.25) is 11.8 Å². The number of nitrogens with zero attached hydrogens (tertiary/aromatic N) is 2. The van der Waals surface area contributed by atoms with Crippen LogP contribution in [-0.4, -0.2) is 55.4 Å². The van der Waals surface area contributed by atoms with Crippen molar-refractivity contribution < 1.29 is 33.4 Å². The van der Waals surface area contributed by atoms with Crippen molar-refractivity contribution >= 4 is 29.4 Å². The minimum absolute atomic E-state index is 0.0914. The number of carbonyl (C=O) groups excluding carboxylic acids is 4. The summed E-state index contributed by atoms with van der Waals surface area (Å²) in [7, 11) is 3.11. The van der Waals surface area contributed by atoms with Gasteiger partial charge in [0.05, 0.1) is 26.3 Å². The second-order valence-corrected chi connectivity index (χ2v) is 8.15. The van der Waals surface area contributed by atoms with Crippen molar-refractivity contribution in [2.24, 2.45) is 0 Å². The van der Waals surface area contributed by atoms with Crippen LogP contribution >= 0.6 is 0 Å². The van der Waals surface area contributed by atoms with E-state index in [0.717, 1.165) is 10.5 Å². The number of ether oxygens (including phenoxy) is 3. The largest absolute Gasteiger partial charge is 0.493 e. The fourth-order valence-electron chi connectivity index (χ4n) is 4.06. The van der Waals surface area contributed by atoms with Crippen LogP contribution in [0.15, 0.2) is 42.5 Å². The van der Waals surface area contributed by atoms with Gasteiger partial charge < -0.3 is 19.1 Å². The van der Waals surface area contributed by atoms with Crippen molar-refractivity contribution in [1.29, 1.82) is 0 Å². The van der Waals surface area contributed by atoms with Crippen LogP contribution in [0.4, 0.5) is 5.69 Å². The summed E-state index contributed by atoms with van der Waals surface area (Å²) in [4.78, 5) is 52.8. The number of imide groups is 1. The Hall–Kier alpha value is -3.88. The molecule has 2 aromatic carbocycles. The van der Waals surface area contributed by atoms with Crippen molar-refractivity contribution in [3.05, 3.63) is 48.0 Å². The van der Waals surface area contributed by atoms with Gasteiger partial charge in [0.15, 0.2) is 11.5 Å². The molecule has 1 unspecified atom stereocenters. The van der Waals surface area contributed by atoms with E-state index < -0.39 is 17.9 Å². The van der Waals surface area contributed by atoms with E-state index in [-0.39, 0.29) is 31.2 Å². The third-order valence-corrected chi connectivity index (χ3v) is 5.73. The van der Waals surface area contributed by atoms with Crippen LogP contribution in [0.1, 0.15) is 38.7 Å². The Labute approximate surface area is 204 Å². The van der Waals surface area contributed by atoms with Crippen molar-refractivity contribution in [3.8, 4) is 17.2 Å². The van der Waals surface area contributed by atoms with Gasteiger partial charge in [-0.3, -0.25) is 19.2 Å². The fraction of sp³-hybridized carbons (Fsp3) is 0.385. The minimum atomic E-state index is -0.880. The summed E-state index contributed by atoms with van der Waals surface area (Å²) in [6.45, 7) is 3.45. The van der Waals surface area contributed by atoms with Crippen molar-refractivity contribution in [2.45, 2.75) is 45.6 Å². The maximum atomic E-state index is 13.3. The molecule has 9 heteroatoms. The van der Waals surface area contributed by atoms with Gasteiger partial charge in [-0.1, -0.05) is 13.0 Å². The van der Waals surface area contributed by atoms with Crippen LogP contribution in [0.5, 0.6) is 17.2 Å². The van der Waals surface area contributed by atoms with Gasteiger partial charge in [0.1, 0.15) is 11.8 Å². The molecule has 0 saturated carbocycles. The molecule has 1 heterocycles. The maximum absolute atomic E-state index is 13.3. The third kappa shape index (κ3) is 5.98. The summed E-state index contributed by atoms with van der Waals surface area (Å²) >= 11 is 0. The number of methoxy groups -OCH3 is 2. The molecule has 1 atom stereocenters. The van der Waals surface area contributed by atoms with E-state index in [4.69, 9.17) is 14.2 Å². The van der Waals surface area contributed by atoms with Crippen molar-refractivity contribution in [3.63, 3.8) is 0 Å². The highest BCUT2D eigenvalue weighted by Gasteiger charge is 2.44. The SMILES string of the molecule is CCCC(=O)N(CCc1ccc(OC)c(OC)c1)C1CC(=O)N(c2ccc(OC(C)=O)cc2)C1=O. The zero-order valence-corrected chi connectivity index (χ0v) is 20.4. The Morgan fingerprint density at radius 2 is 1.71 bits per heavy atom. The molecule has 0 aromatic heterocycles. The molecule has 1 fully saturated rings. The molecule has 2 aromatic rings. The van der Waals surface area contributed by atoms with Crippen molar-refractivity contribution in [1.82, 2.24) is 4.90 Å². The maximum Gasteiger partial charge on any atom is 0.308 e. The average molecular weight is 483 g/mol. The molecule has 0 N–H and O–H groups in total. The number of hydrogen-bond donors (Lipinski definition) is 0. The third-order valence-electron chi connectivity index (χ3n) is 5.73. The van der Waals surface area contributed by atoms with Crippen LogP contribution in [-0.2, 0) is 25.6 Å². The molecule has 0 radical (unpaired) electrons. The first kappa shape index (κ1) is 25.7.